The van der Waals surface area contributed by atoms with E-state index >= 15 is 0 Å². The van der Waals surface area contributed by atoms with E-state index in [1.807, 2.05) is 60.3 Å². The van der Waals surface area contributed by atoms with Crippen molar-refractivity contribution in [1.82, 2.24) is 14.8 Å². The van der Waals surface area contributed by atoms with Crippen LogP contribution in [-0.2, 0) is 6.54 Å². The van der Waals surface area contributed by atoms with Crippen LogP contribution in [0, 0.1) is 6.92 Å². The average molecular weight is 365 g/mol. The Bertz CT molecular complexity index is 1080. The van der Waals surface area contributed by atoms with Gasteiger partial charge in [-0.05, 0) is 30.7 Å². The number of aromatic nitrogens is 3. The Labute approximate surface area is 155 Å². The number of hydrogen-bond acceptors (Lipinski definition) is 2. The Morgan fingerprint density at radius 1 is 1.19 bits per heavy atom. The molecule has 6 heteroatoms. The minimum Gasteiger partial charge on any atom is -0.350 e. The molecule has 2 heterocycles. The van der Waals surface area contributed by atoms with Crippen molar-refractivity contribution in [2.24, 2.45) is 0 Å². The molecule has 4 aromatic rings. The van der Waals surface area contributed by atoms with Crippen LogP contribution in [0.2, 0.25) is 5.02 Å². The maximum atomic E-state index is 12.6. The number of hydrogen-bond donors (Lipinski definition) is 2. The van der Waals surface area contributed by atoms with Crippen LogP contribution in [0.1, 0.15) is 21.7 Å². The first-order valence-electron chi connectivity index (χ1n) is 8.26. The number of nitrogens with zero attached hydrogens (tertiary/aromatic N) is 2. The molecule has 4 rings (SSSR count). The maximum absolute atomic E-state index is 12.6. The lowest BCUT2D eigenvalue weighted by Gasteiger charge is -2.02. The fraction of sp³-hybridized carbons (Fsp3) is 0.100. The van der Waals surface area contributed by atoms with Gasteiger partial charge in [-0.3, -0.25) is 9.48 Å². The first kappa shape index (κ1) is 16.4. The predicted octanol–water partition coefficient (Wildman–Crippen LogP) is 4.63. The normalized spacial score (nSPS) is 11.0. The molecular formula is C20H17ClN4O. The quantitative estimate of drug-likeness (QED) is 0.554. The third-order valence-corrected chi connectivity index (χ3v) is 4.45. The number of aryl methyl sites for hydroxylation is 1. The van der Waals surface area contributed by atoms with E-state index < -0.39 is 0 Å². The summed E-state index contributed by atoms with van der Waals surface area (Å²) in [6.45, 7) is 2.53. The van der Waals surface area contributed by atoms with E-state index in [1.54, 1.807) is 12.1 Å². The number of benzene rings is 2. The molecule has 0 aliphatic heterocycles. The average Bonchev–Trinajstić information content (AvgIpc) is 3.19. The van der Waals surface area contributed by atoms with Crippen LogP contribution in [0.25, 0.3) is 10.9 Å². The molecule has 26 heavy (non-hydrogen) atoms. The van der Waals surface area contributed by atoms with Crippen molar-refractivity contribution >= 4 is 34.1 Å². The van der Waals surface area contributed by atoms with E-state index in [1.165, 1.54) is 0 Å². The Morgan fingerprint density at radius 2 is 2.00 bits per heavy atom. The van der Waals surface area contributed by atoms with Gasteiger partial charge in [0.15, 0.2) is 0 Å². The summed E-state index contributed by atoms with van der Waals surface area (Å²) in [6.07, 6.45) is 1.85. The molecule has 5 nitrogen and oxygen atoms in total. The van der Waals surface area contributed by atoms with Gasteiger partial charge in [-0.25, -0.2) is 0 Å². The number of halogens is 1. The molecule has 2 N–H and O–H groups in total. The molecule has 0 fully saturated rings. The first-order chi connectivity index (χ1) is 12.6. The van der Waals surface area contributed by atoms with Gasteiger partial charge in [-0.15, -0.1) is 0 Å². The number of H-pyrrole nitrogens is 1. The van der Waals surface area contributed by atoms with Crippen molar-refractivity contribution in [3.8, 4) is 0 Å². The largest absolute Gasteiger partial charge is 0.350 e. The van der Waals surface area contributed by atoms with Crippen LogP contribution in [0.3, 0.4) is 0 Å². The van der Waals surface area contributed by atoms with E-state index in [4.69, 9.17) is 11.6 Å². The van der Waals surface area contributed by atoms with Gasteiger partial charge in [-0.1, -0.05) is 48.0 Å². The molecule has 0 radical (unpaired) electrons. The summed E-state index contributed by atoms with van der Waals surface area (Å²) in [4.78, 5) is 15.7. The zero-order valence-electron chi connectivity index (χ0n) is 14.2. The smallest absolute Gasteiger partial charge is 0.272 e. The summed E-state index contributed by atoms with van der Waals surface area (Å²) in [7, 11) is 0. The molecule has 0 saturated heterocycles. The number of anilines is 1. The van der Waals surface area contributed by atoms with Crippen molar-refractivity contribution in [2.45, 2.75) is 13.5 Å². The van der Waals surface area contributed by atoms with Crippen LogP contribution in [-0.4, -0.2) is 20.7 Å². The highest BCUT2D eigenvalue weighted by Crippen LogP contribution is 2.21. The van der Waals surface area contributed by atoms with Crippen LogP contribution in [0.5, 0.6) is 0 Å². The molecule has 0 atom stereocenters. The first-order valence-corrected chi connectivity index (χ1v) is 8.64. The van der Waals surface area contributed by atoms with Crippen LogP contribution < -0.4 is 5.32 Å². The lowest BCUT2D eigenvalue weighted by Crippen LogP contribution is -2.12. The SMILES string of the molecule is Cc1nn(Cc2ccccc2)cc1NC(=O)c1cc2ccc(Cl)cc2[nH]1. The summed E-state index contributed by atoms with van der Waals surface area (Å²) in [6, 6.07) is 17.4. The number of carbonyl (C=O) groups is 1. The lowest BCUT2D eigenvalue weighted by atomic mass is 10.2. The van der Waals surface area contributed by atoms with Gasteiger partial charge in [0.25, 0.3) is 5.91 Å². The standard InChI is InChI=1S/C20H17ClN4O/c1-13-19(12-25(24-13)11-14-5-3-2-4-6-14)23-20(26)18-9-15-7-8-16(21)10-17(15)22-18/h2-10,12,22H,11H2,1H3,(H,23,26). The van der Waals surface area contributed by atoms with Crippen molar-refractivity contribution in [2.75, 3.05) is 5.32 Å². The van der Waals surface area contributed by atoms with Gasteiger partial charge in [0, 0.05) is 22.1 Å². The van der Waals surface area contributed by atoms with Crippen molar-refractivity contribution in [3.63, 3.8) is 0 Å². The number of fused-ring (bicyclic) bond motifs is 1. The molecule has 1 amide bonds. The van der Waals surface area contributed by atoms with Gasteiger partial charge in [0.1, 0.15) is 5.69 Å². The summed E-state index contributed by atoms with van der Waals surface area (Å²) >= 11 is 6.00. The molecule has 0 bridgehead atoms. The highest BCUT2D eigenvalue weighted by atomic mass is 35.5. The third-order valence-electron chi connectivity index (χ3n) is 4.21. The monoisotopic (exact) mass is 364 g/mol. The minimum absolute atomic E-state index is 0.209. The third kappa shape index (κ3) is 3.34. The second-order valence-corrected chi connectivity index (χ2v) is 6.62. The van der Waals surface area contributed by atoms with Crippen molar-refractivity contribution < 1.29 is 4.79 Å². The van der Waals surface area contributed by atoms with Crippen molar-refractivity contribution in [3.05, 3.63) is 82.8 Å². The fourth-order valence-corrected chi connectivity index (χ4v) is 3.08. The van der Waals surface area contributed by atoms with Gasteiger partial charge in [0.2, 0.25) is 0 Å². The molecule has 2 aromatic heterocycles. The second-order valence-electron chi connectivity index (χ2n) is 6.18. The van der Waals surface area contributed by atoms with Gasteiger partial charge in [0.05, 0.1) is 17.9 Å². The molecule has 2 aromatic carbocycles. The Morgan fingerprint density at radius 3 is 2.81 bits per heavy atom. The molecule has 0 aliphatic carbocycles. The molecular weight excluding hydrogens is 348 g/mol. The van der Waals surface area contributed by atoms with Crippen molar-refractivity contribution in [1.29, 1.82) is 0 Å². The molecule has 0 unspecified atom stereocenters. The number of aromatic amines is 1. The topological polar surface area (TPSA) is 62.7 Å². The molecule has 0 spiro atoms. The zero-order valence-corrected chi connectivity index (χ0v) is 14.9. The highest BCUT2D eigenvalue weighted by Gasteiger charge is 2.13. The van der Waals surface area contributed by atoms with Gasteiger partial charge in [-0.2, -0.15) is 5.10 Å². The van der Waals surface area contributed by atoms with Crippen LogP contribution in [0.15, 0.2) is 60.8 Å². The highest BCUT2D eigenvalue weighted by molar-refractivity contribution is 6.31. The number of nitrogens with one attached hydrogen (secondary N) is 2. The predicted molar refractivity (Wildman–Crippen MR) is 104 cm³/mol. The summed E-state index contributed by atoms with van der Waals surface area (Å²) in [5.41, 5.74) is 3.94. The lowest BCUT2D eigenvalue weighted by molar-refractivity contribution is 0.102. The number of rotatable bonds is 4. The fourth-order valence-electron chi connectivity index (χ4n) is 2.90. The minimum atomic E-state index is -0.209. The second kappa shape index (κ2) is 6.69. The number of amides is 1. The zero-order chi connectivity index (χ0) is 18.1. The molecule has 0 saturated carbocycles. The van der Waals surface area contributed by atoms with Crippen LogP contribution in [0.4, 0.5) is 5.69 Å². The van der Waals surface area contributed by atoms with E-state index in [0.29, 0.717) is 22.9 Å². The molecule has 130 valence electrons. The van der Waals surface area contributed by atoms with E-state index in [0.717, 1.165) is 22.2 Å². The van der Waals surface area contributed by atoms with Crippen LogP contribution >= 0.6 is 11.6 Å². The van der Waals surface area contributed by atoms with E-state index in [9.17, 15) is 4.79 Å². The maximum Gasteiger partial charge on any atom is 0.272 e. The molecule has 0 aliphatic rings. The Kier molecular flexibility index (Phi) is 4.22. The van der Waals surface area contributed by atoms with E-state index in [-0.39, 0.29) is 5.91 Å². The number of carbonyl (C=O) groups excluding carboxylic acids is 1. The summed E-state index contributed by atoms with van der Waals surface area (Å²) < 4.78 is 1.82. The van der Waals surface area contributed by atoms with Gasteiger partial charge >= 0.3 is 0 Å². The Hall–Kier alpha value is -3.05. The summed E-state index contributed by atoms with van der Waals surface area (Å²) in [5.74, 6) is -0.209. The Balaban J connectivity index is 1.53. The van der Waals surface area contributed by atoms with E-state index in [2.05, 4.69) is 15.4 Å². The summed E-state index contributed by atoms with van der Waals surface area (Å²) in [5, 5.41) is 8.97. The van der Waals surface area contributed by atoms with Gasteiger partial charge < -0.3 is 10.3 Å².